The number of nitrogen functional groups attached to an aromatic ring is 1. The van der Waals surface area contributed by atoms with Crippen molar-refractivity contribution in [3.63, 3.8) is 0 Å². The van der Waals surface area contributed by atoms with Crippen LogP contribution in [0.3, 0.4) is 0 Å². The van der Waals surface area contributed by atoms with Gasteiger partial charge in [-0.05, 0) is 24.6 Å². The van der Waals surface area contributed by atoms with Gasteiger partial charge in [-0.2, -0.15) is 4.98 Å². The van der Waals surface area contributed by atoms with Crippen LogP contribution in [0.1, 0.15) is 17.0 Å². The maximum atomic E-state index is 6.14. The van der Waals surface area contributed by atoms with E-state index >= 15 is 0 Å². The number of nitrogens with zero attached hydrogens (tertiary/aromatic N) is 2. The fourth-order valence-corrected chi connectivity index (χ4v) is 2.34. The molecule has 106 valence electrons. The van der Waals surface area contributed by atoms with Gasteiger partial charge in [-0.1, -0.05) is 52.7 Å². The second-order valence-electron chi connectivity index (χ2n) is 4.88. The molecule has 0 bridgehead atoms. The largest absolute Gasteiger partial charge is 0.398 e. The minimum absolute atomic E-state index is 0.347. The first-order valence-electron chi connectivity index (χ1n) is 6.56. The van der Waals surface area contributed by atoms with Gasteiger partial charge in [0.05, 0.1) is 10.6 Å². The van der Waals surface area contributed by atoms with E-state index in [1.807, 2.05) is 0 Å². The Kier molecular flexibility index (Phi) is 3.62. The summed E-state index contributed by atoms with van der Waals surface area (Å²) in [5.41, 5.74) is 9.37. The number of nitrogens with two attached hydrogens (primary N) is 1. The van der Waals surface area contributed by atoms with Crippen molar-refractivity contribution in [3.05, 3.63) is 64.4 Å². The number of aromatic nitrogens is 2. The normalized spacial score (nSPS) is 10.8. The number of rotatable bonds is 3. The summed E-state index contributed by atoms with van der Waals surface area (Å²) in [7, 11) is 0. The molecule has 0 spiro atoms. The third-order valence-corrected chi connectivity index (χ3v) is 3.53. The molecule has 3 aromatic rings. The first-order chi connectivity index (χ1) is 10.1. The highest BCUT2D eigenvalue weighted by Crippen LogP contribution is 2.31. The molecule has 0 unspecified atom stereocenters. The molecule has 0 amide bonds. The van der Waals surface area contributed by atoms with Gasteiger partial charge in [-0.25, -0.2) is 0 Å². The highest BCUT2D eigenvalue weighted by molar-refractivity contribution is 6.33. The van der Waals surface area contributed by atoms with Crippen LogP contribution in [0, 0.1) is 6.92 Å². The molecule has 5 heteroatoms. The molecule has 2 N–H and O–H groups in total. The summed E-state index contributed by atoms with van der Waals surface area (Å²) >= 11 is 6.14. The summed E-state index contributed by atoms with van der Waals surface area (Å²) in [6.07, 6.45) is 0.605. The van der Waals surface area contributed by atoms with Crippen LogP contribution in [0.5, 0.6) is 0 Å². The predicted molar refractivity (Wildman–Crippen MR) is 83.1 cm³/mol. The Morgan fingerprint density at radius 2 is 1.90 bits per heavy atom. The molecular weight excluding hydrogens is 286 g/mol. The van der Waals surface area contributed by atoms with E-state index in [1.54, 1.807) is 18.2 Å². The number of aryl methyl sites for hydroxylation is 1. The Labute approximate surface area is 127 Å². The summed E-state index contributed by atoms with van der Waals surface area (Å²) in [6, 6.07) is 13.5. The lowest BCUT2D eigenvalue weighted by atomic mass is 10.1. The van der Waals surface area contributed by atoms with Crippen LogP contribution in [0.2, 0.25) is 5.02 Å². The van der Waals surface area contributed by atoms with E-state index in [0.717, 1.165) is 5.56 Å². The monoisotopic (exact) mass is 299 g/mol. The molecule has 0 aliphatic heterocycles. The smallest absolute Gasteiger partial charge is 0.261 e. The van der Waals surface area contributed by atoms with Crippen molar-refractivity contribution in [2.75, 3.05) is 5.73 Å². The number of halogens is 1. The van der Waals surface area contributed by atoms with Crippen molar-refractivity contribution in [1.82, 2.24) is 10.1 Å². The summed E-state index contributed by atoms with van der Waals surface area (Å²) in [5.74, 6) is 0.952. The maximum absolute atomic E-state index is 6.14. The van der Waals surface area contributed by atoms with E-state index in [2.05, 4.69) is 41.3 Å². The van der Waals surface area contributed by atoms with E-state index in [1.165, 1.54) is 5.56 Å². The molecule has 0 aliphatic carbocycles. The van der Waals surface area contributed by atoms with Crippen molar-refractivity contribution in [2.24, 2.45) is 0 Å². The van der Waals surface area contributed by atoms with E-state index in [-0.39, 0.29) is 0 Å². The zero-order valence-electron chi connectivity index (χ0n) is 11.5. The fraction of sp³-hybridized carbons (Fsp3) is 0.125. The van der Waals surface area contributed by atoms with Gasteiger partial charge < -0.3 is 10.3 Å². The molecule has 0 aliphatic rings. The summed E-state index contributed by atoms with van der Waals surface area (Å²) in [4.78, 5) is 4.38. The van der Waals surface area contributed by atoms with Crippen molar-refractivity contribution in [3.8, 4) is 11.5 Å². The highest BCUT2D eigenvalue weighted by Gasteiger charge is 2.15. The van der Waals surface area contributed by atoms with Crippen molar-refractivity contribution in [1.29, 1.82) is 0 Å². The minimum atomic E-state index is 0.347. The zero-order valence-corrected chi connectivity index (χ0v) is 12.3. The summed E-state index contributed by atoms with van der Waals surface area (Å²) in [6.45, 7) is 2.05. The second-order valence-corrected chi connectivity index (χ2v) is 5.29. The van der Waals surface area contributed by atoms with Crippen LogP contribution in [0.25, 0.3) is 11.5 Å². The molecule has 0 saturated heterocycles. The Morgan fingerprint density at radius 1 is 1.14 bits per heavy atom. The topological polar surface area (TPSA) is 64.9 Å². The quantitative estimate of drug-likeness (QED) is 0.746. The molecule has 3 rings (SSSR count). The van der Waals surface area contributed by atoms with Crippen LogP contribution < -0.4 is 5.73 Å². The van der Waals surface area contributed by atoms with Gasteiger partial charge in [0, 0.05) is 12.1 Å². The fourth-order valence-electron chi connectivity index (χ4n) is 2.08. The molecule has 0 atom stereocenters. The lowest BCUT2D eigenvalue weighted by Crippen LogP contribution is -1.93. The molecular formula is C16H14ClN3O. The van der Waals surface area contributed by atoms with Crippen LogP contribution in [0.15, 0.2) is 47.0 Å². The first-order valence-corrected chi connectivity index (χ1v) is 6.94. The summed E-state index contributed by atoms with van der Waals surface area (Å²) in [5, 5.41) is 4.49. The Hall–Kier alpha value is -2.33. The van der Waals surface area contributed by atoms with E-state index in [0.29, 0.717) is 34.4 Å². The molecule has 21 heavy (non-hydrogen) atoms. The van der Waals surface area contributed by atoms with Gasteiger partial charge in [0.25, 0.3) is 5.89 Å². The Morgan fingerprint density at radius 3 is 2.62 bits per heavy atom. The predicted octanol–water partition coefficient (Wildman–Crippen LogP) is 3.87. The van der Waals surface area contributed by atoms with Crippen molar-refractivity contribution >= 4 is 17.3 Å². The number of anilines is 1. The lowest BCUT2D eigenvalue weighted by Gasteiger charge is -2.01. The van der Waals surface area contributed by atoms with E-state index in [4.69, 9.17) is 21.9 Å². The van der Waals surface area contributed by atoms with Crippen LogP contribution in [0.4, 0.5) is 5.69 Å². The lowest BCUT2D eigenvalue weighted by molar-refractivity contribution is 0.424. The van der Waals surface area contributed by atoms with E-state index < -0.39 is 0 Å². The van der Waals surface area contributed by atoms with Gasteiger partial charge >= 0.3 is 0 Å². The molecule has 0 saturated carbocycles. The average Bonchev–Trinajstić information content (AvgIpc) is 2.89. The minimum Gasteiger partial charge on any atom is -0.398 e. The van der Waals surface area contributed by atoms with Gasteiger partial charge in [-0.3, -0.25) is 0 Å². The zero-order chi connectivity index (χ0) is 14.8. The molecule has 1 heterocycles. The number of benzene rings is 2. The highest BCUT2D eigenvalue weighted by atomic mass is 35.5. The molecule has 1 aromatic heterocycles. The SMILES string of the molecule is Cc1ccc(Cc2noc(-c3c(N)cccc3Cl)n2)cc1. The second kappa shape index (κ2) is 5.58. The van der Waals surface area contributed by atoms with Gasteiger partial charge in [0.1, 0.15) is 0 Å². The summed E-state index contributed by atoms with van der Waals surface area (Å²) < 4.78 is 5.28. The van der Waals surface area contributed by atoms with Gasteiger partial charge in [0.2, 0.25) is 0 Å². The molecule has 0 fully saturated rings. The molecule has 2 aromatic carbocycles. The van der Waals surface area contributed by atoms with Crippen LogP contribution in [-0.2, 0) is 6.42 Å². The average molecular weight is 300 g/mol. The Bertz CT molecular complexity index is 745. The number of hydrogen-bond acceptors (Lipinski definition) is 4. The van der Waals surface area contributed by atoms with Crippen molar-refractivity contribution < 1.29 is 4.52 Å². The van der Waals surface area contributed by atoms with Crippen LogP contribution in [-0.4, -0.2) is 10.1 Å². The first kappa shape index (κ1) is 13.6. The molecule has 0 radical (unpaired) electrons. The third kappa shape index (κ3) is 2.90. The van der Waals surface area contributed by atoms with E-state index in [9.17, 15) is 0 Å². The molecule has 4 nitrogen and oxygen atoms in total. The van der Waals surface area contributed by atoms with Gasteiger partial charge in [-0.15, -0.1) is 0 Å². The number of hydrogen-bond donors (Lipinski definition) is 1. The van der Waals surface area contributed by atoms with Crippen molar-refractivity contribution in [2.45, 2.75) is 13.3 Å². The van der Waals surface area contributed by atoms with Gasteiger partial charge in [0.15, 0.2) is 5.82 Å². The third-order valence-electron chi connectivity index (χ3n) is 3.21. The maximum Gasteiger partial charge on any atom is 0.261 e. The Balaban J connectivity index is 1.88. The van der Waals surface area contributed by atoms with Crippen LogP contribution >= 0.6 is 11.6 Å². The standard InChI is InChI=1S/C16H14ClN3O/c1-10-5-7-11(8-6-10)9-14-19-16(21-20-14)15-12(17)3-2-4-13(15)18/h2-8H,9,18H2,1H3.